The molecular formula is C7H14O4S. The van der Waals surface area contributed by atoms with Gasteiger partial charge in [-0.2, -0.15) is 8.42 Å². The highest BCUT2D eigenvalue weighted by molar-refractivity contribution is 7.85. The van der Waals surface area contributed by atoms with Crippen LogP contribution >= 0.6 is 0 Å². The minimum Gasteiger partial charge on any atom is -0.393 e. The van der Waals surface area contributed by atoms with Gasteiger partial charge in [-0.3, -0.25) is 4.55 Å². The second-order valence-electron chi connectivity index (χ2n) is 2.52. The second-order valence-corrected chi connectivity index (χ2v) is 4.01. The van der Waals surface area contributed by atoms with Crippen molar-refractivity contribution in [3.05, 3.63) is 12.2 Å². The lowest BCUT2D eigenvalue weighted by atomic mass is 10.2. The Morgan fingerprint density at radius 2 is 2.00 bits per heavy atom. The molecule has 0 fully saturated rings. The van der Waals surface area contributed by atoms with Crippen LogP contribution in [0.25, 0.3) is 0 Å². The van der Waals surface area contributed by atoms with Crippen molar-refractivity contribution in [3.8, 4) is 0 Å². The molecule has 72 valence electrons. The number of aliphatic hydroxyl groups is 1. The fourth-order valence-electron chi connectivity index (χ4n) is 0.610. The lowest BCUT2D eigenvalue weighted by Crippen LogP contribution is -2.03. The molecule has 0 aromatic heterocycles. The number of aliphatic hydroxyl groups excluding tert-OH is 1. The lowest BCUT2D eigenvalue weighted by molar-refractivity contribution is 0.173. The highest BCUT2D eigenvalue weighted by Crippen LogP contribution is 1.97. The quantitative estimate of drug-likeness (QED) is 0.496. The Bertz CT molecular complexity index is 230. The van der Waals surface area contributed by atoms with E-state index in [1.54, 1.807) is 6.08 Å². The van der Waals surface area contributed by atoms with Gasteiger partial charge in [-0.15, -0.1) is 0 Å². The standard InChI is InChI=1S/C7H14O4S/c1-2-7(8)5-3-4-6-12(9,10)11/h3-4,7-8H,2,5-6H2,1H3,(H,9,10,11). The van der Waals surface area contributed by atoms with Crippen LogP contribution < -0.4 is 0 Å². The SMILES string of the molecule is CCC(O)CC=CCS(=O)(=O)O. The van der Waals surface area contributed by atoms with Crippen molar-refractivity contribution in [2.75, 3.05) is 5.75 Å². The van der Waals surface area contributed by atoms with E-state index in [0.717, 1.165) is 0 Å². The van der Waals surface area contributed by atoms with Gasteiger partial charge in [0.05, 0.1) is 11.9 Å². The molecule has 0 saturated carbocycles. The monoisotopic (exact) mass is 194 g/mol. The van der Waals surface area contributed by atoms with Crippen LogP contribution in [-0.2, 0) is 10.1 Å². The van der Waals surface area contributed by atoms with Crippen molar-refractivity contribution in [1.82, 2.24) is 0 Å². The maximum absolute atomic E-state index is 10.2. The van der Waals surface area contributed by atoms with E-state index in [-0.39, 0.29) is 5.75 Å². The molecule has 0 radical (unpaired) electrons. The summed E-state index contributed by atoms with van der Waals surface area (Å²) in [6, 6.07) is 0. The predicted molar refractivity (Wildman–Crippen MR) is 46.5 cm³/mol. The average Bonchev–Trinajstić information content (AvgIpc) is 1.96. The summed E-state index contributed by atoms with van der Waals surface area (Å²) in [4.78, 5) is 0. The maximum atomic E-state index is 10.2. The normalized spacial score (nSPS) is 15.2. The first-order valence-electron chi connectivity index (χ1n) is 3.74. The van der Waals surface area contributed by atoms with Gasteiger partial charge in [0.1, 0.15) is 0 Å². The predicted octanol–water partition coefficient (Wildman–Crippen LogP) is 0.591. The van der Waals surface area contributed by atoms with Gasteiger partial charge in [-0.25, -0.2) is 0 Å². The third-order valence-corrected chi connectivity index (χ3v) is 1.97. The van der Waals surface area contributed by atoms with Crippen LogP contribution in [0.1, 0.15) is 19.8 Å². The summed E-state index contributed by atoms with van der Waals surface area (Å²) in [7, 11) is -3.90. The highest BCUT2D eigenvalue weighted by Gasteiger charge is 1.99. The van der Waals surface area contributed by atoms with Crippen LogP contribution in [0.2, 0.25) is 0 Å². The highest BCUT2D eigenvalue weighted by atomic mass is 32.2. The number of hydrogen-bond donors (Lipinski definition) is 2. The zero-order valence-electron chi connectivity index (χ0n) is 6.97. The first-order valence-corrected chi connectivity index (χ1v) is 5.35. The van der Waals surface area contributed by atoms with Crippen LogP contribution in [0.15, 0.2) is 12.2 Å². The Balaban J connectivity index is 3.65. The number of rotatable bonds is 5. The van der Waals surface area contributed by atoms with E-state index < -0.39 is 16.2 Å². The maximum Gasteiger partial charge on any atom is 0.268 e. The van der Waals surface area contributed by atoms with E-state index in [4.69, 9.17) is 9.66 Å². The zero-order chi connectivity index (χ0) is 9.61. The topological polar surface area (TPSA) is 74.6 Å². The molecule has 0 rings (SSSR count). The molecule has 0 aromatic rings. The summed E-state index contributed by atoms with van der Waals surface area (Å²) >= 11 is 0. The molecule has 0 aliphatic carbocycles. The molecule has 0 aliphatic heterocycles. The zero-order valence-corrected chi connectivity index (χ0v) is 7.79. The van der Waals surface area contributed by atoms with Gasteiger partial charge in [0.15, 0.2) is 0 Å². The van der Waals surface area contributed by atoms with E-state index in [2.05, 4.69) is 0 Å². The summed E-state index contributed by atoms with van der Waals surface area (Å²) in [6.07, 6.45) is 3.50. The van der Waals surface area contributed by atoms with E-state index in [0.29, 0.717) is 12.8 Å². The minimum absolute atomic E-state index is 0.385. The van der Waals surface area contributed by atoms with Gasteiger partial charge in [-0.1, -0.05) is 19.1 Å². The molecule has 0 heterocycles. The molecule has 1 unspecified atom stereocenters. The van der Waals surface area contributed by atoms with Gasteiger partial charge in [0.2, 0.25) is 0 Å². The van der Waals surface area contributed by atoms with Crippen LogP contribution in [0.5, 0.6) is 0 Å². The summed E-state index contributed by atoms with van der Waals surface area (Å²) in [6.45, 7) is 1.83. The molecule has 0 saturated heterocycles. The smallest absolute Gasteiger partial charge is 0.268 e. The van der Waals surface area contributed by atoms with E-state index >= 15 is 0 Å². The number of hydrogen-bond acceptors (Lipinski definition) is 3. The molecule has 0 aromatic carbocycles. The van der Waals surface area contributed by atoms with Gasteiger partial charge in [0, 0.05) is 0 Å². The first-order chi connectivity index (χ1) is 5.45. The Labute approximate surface area is 72.7 Å². The van der Waals surface area contributed by atoms with Gasteiger partial charge < -0.3 is 5.11 Å². The second kappa shape index (κ2) is 5.29. The average molecular weight is 194 g/mol. The Kier molecular flexibility index (Phi) is 5.12. The van der Waals surface area contributed by atoms with E-state index in [1.165, 1.54) is 6.08 Å². The fourth-order valence-corrected chi connectivity index (χ4v) is 0.989. The molecular weight excluding hydrogens is 180 g/mol. The van der Waals surface area contributed by atoms with Crippen molar-refractivity contribution >= 4 is 10.1 Å². The minimum atomic E-state index is -3.90. The van der Waals surface area contributed by atoms with Gasteiger partial charge in [0.25, 0.3) is 10.1 Å². The van der Waals surface area contributed by atoms with Crippen molar-refractivity contribution < 1.29 is 18.1 Å². The van der Waals surface area contributed by atoms with Crippen LogP contribution in [0.4, 0.5) is 0 Å². The van der Waals surface area contributed by atoms with Crippen molar-refractivity contribution in [1.29, 1.82) is 0 Å². The molecule has 0 bridgehead atoms. The summed E-state index contributed by atoms with van der Waals surface area (Å²) in [5.74, 6) is -0.385. The summed E-state index contributed by atoms with van der Waals surface area (Å²) < 4.78 is 28.7. The Morgan fingerprint density at radius 1 is 1.42 bits per heavy atom. The lowest BCUT2D eigenvalue weighted by Gasteiger charge is -2.00. The van der Waals surface area contributed by atoms with Gasteiger partial charge in [-0.05, 0) is 12.8 Å². The summed E-state index contributed by atoms with van der Waals surface area (Å²) in [5.41, 5.74) is 0. The molecule has 2 N–H and O–H groups in total. The molecule has 5 heteroatoms. The fraction of sp³-hybridized carbons (Fsp3) is 0.714. The van der Waals surface area contributed by atoms with Crippen molar-refractivity contribution in [2.24, 2.45) is 0 Å². The molecule has 0 amide bonds. The summed E-state index contributed by atoms with van der Waals surface area (Å²) in [5, 5.41) is 9.02. The largest absolute Gasteiger partial charge is 0.393 e. The Hall–Kier alpha value is -0.390. The van der Waals surface area contributed by atoms with Crippen LogP contribution in [-0.4, -0.2) is 29.9 Å². The molecule has 0 spiro atoms. The third-order valence-electron chi connectivity index (χ3n) is 1.35. The van der Waals surface area contributed by atoms with Crippen LogP contribution in [0.3, 0.4) is 0 Å². The van der Waals surface area contributed by atoms with E-state index in [9.17, 15) is 8.42 Å². The van der Waals surface area contributed by atoms with Gasteiger partial charge >= 0.3 is 0 Å². The Morgan fingerprint density at radius 3 is 2.42 bits per heavy atom. The first kappa shape index (κ1) is 11.6. The molecule has 4 nitrogen and oxygen atoms in total. The van der Waals surface area contributed by atoms with Crippen LogP contribution in [0, 0.1) is 0 Å². The molecule has 0 aliphatic rings. The molecule has 12 heavy (non-hydrogen) atoms. The van der Waals surface area contributed by atoms with E-state index in [1.807, 2.05) is 6.92 Å². The van der Waals surface area contributed by atoms with Crippen molar-refractivity contribution in [2.45, 2.75) is 25.9 Å². The molecule has 1 atom stereocenters. The third kappa shape index (κ3) is 7.71. The van der Waals surface area contributed by atoms with Crippen molar-refractivity contribution in [3.63, 3.8) is 0 Å².